The summed E-state index contributed by atoms with van der Waals surface area (Å²) in [6.45, 7) is 8.11. The summed E-state index contributed by atoms with van der Waals surface area (Å²) in [5.41, 5.74) is -1.43. The van der Waals surface area contributed by atoms with E-state index in [1.807, 2.05) is 0 Å². The smallest absolute Gasteiger partial charge is 0.315 e. The fraction of sp³-hybridized carbons (Fsp3) is 0.826. The summed E-state index contributed by atoms with van der Waals surface area (Å²) in [5, 5.41) is 10.8. The minimum atomic E-state index is -1.11. The molecule has 154 valence electrons. The Morgan fingerprint density at radius 2 is 2.14 bits per heavy atom. The van der Waals surface area contributed by atoms with E-state index >= 15 is 0 Å². The third kappa shape index (κ3) is 1.95. The maximum atomic E-state index is 13.2. The van der Waals surface area contributed by atoms with E-state index in [1.165, 1.54) is 0 Å². The molecular formula is C23H32O5. The van der Waals surface area contributed by atoms with Gasteiger partial charge in [-0.2, -0.15) is 0 Å². The molecule has 1 N–H and O–H groups in total. The lowest BCUT2D eigenvalue weighted by Crippen LogP contribution is -2.63. The molecule has 0 amide bonds. The zero-order valence-corrected chi connectivity index (χ0v) is 17.1. The van der Waals surface area contributed by atoms with Crippen molar-refractivity contribution in [3.63, 3.8) is 0 Å². The van der Waals surface area contributed by atoms with Crippen LogP contribution in [0.4, 0.5) is 0 Å². The topological polar surface area (TPSA) is 76.1 Å². The summed E-state index contributed by atoms with van der Waals surface area (Å²) in [6, 6.07) is 0. The molecule has 0 aromatic carbocycles. The average molecular weight is 389 g/mol. The van der Waals surface area contributed by atoms with Crippen LogP contribution in [0.15, 0.2) is 11.6 Å². The Morgan fingerprint density at radius 3 is 2.75 bits per heavy atom. The second kappa shape index (κ2) is 5.91. The first-order chi connectivity index (χ1) is 13.3. The summed E-state index contributed by atoms with van der Waals surface area (Å²) in [6.07, 6.45) is 7.07. The van der Waals surface area contributed by atoms with Gasteiger partial charge in [-0.3, -0.25) is 4.79 Å². The van der Waals surface area contributed by atoms with E-state index in [2.05, 4.69) is 26.8 Å². The zero-order chi connectivity index (χ0) is 19.9. The number of epoxide rings is 1. The molecule has 1 saturated heterocycles. The van der Waals surface area contributed by atoms with Gasteiger partial charge in [-0.1, -0.05) is 38.8 Å². The molecule has 28 heavy (non-hydrogen) atoms. The van der Waals surface area contributed by atoms with Crippen molar-refractivity contribution in [2.24, 2.45) is 45.8 Å². The number of ether oxygens (including phenoxy) is 2. The van der Waals surface area contributed by atoms with Crippen molar-refractivity contribution in [2.45, 2.75) is 52.6 Å². The van der Waals surface area contributed by atoms with Gasteiger partial charge in [-0.05, 0) is 48.9 Å². The largest absolute Gasteiger partial charge is 0.481 e. The fourth-order valence-electron chi connectivity index (χ4n) is 8.17. The molecule has 1 aliphatic heterocycles. The molecule has 4 bridgehead atoms. The first kappa shape index (κ1) is 18.8. The highest BCUT2D eigenvalue weighted by Gasteiger charge is 2.84. The first-order valence-electron chi connectivity index (χ1n) is 11.0. The number of aliphatic carboxylic acids is 1. The van der Waals surface area contributed by atoms with Gasteiger partial charge in [0.15, 0.2) is 0 Å². The zero-order valence-electron chi connectivity index (χ0n) is 17.1. The van der Waals surface area contributed by atoms with Crippen LogP contribution in [0.2, 0.25) is 0 Å². The van der Waals surface area contributed by atoms with E-state index in [0.717, 1.165) is 37.7 Å². The number of aldehydes is 1. The summed E-state index contributed by atoms with van der Waals surface area (Å²) >= 11 is 0. The number of allylic oxidation sites excluding steroid dienone is 1. The maximum absolute atomic E-state index is 13.2. The molecule has 4 aliphatic carbocycles. The summed E-state index contributed by atoms with van der Waals surface area (Å²) in [7, 11) is 0. The summed E-state index contributed by atoms with van der Waals surface area (Å²) in [5.74, 6) is 0.573. The van der Waals surface area contributed by atoms with Crippen molar-refractivity contribution in [1.29, 1.82) is 0 Å². The average Bonchev–Trinajstić information content (AvgIpc) is 3.31. The molecule has 3 saturated carbocycles. The lowest BCUT2D eigenvalue weighted by Gasteiger charge is -2.58. The molecule has 5 rings (SSSR count). The van der Waals surface area contributed by atoms with E-state index in [9.17, 15) is 14.7 Å². The van der Waals surface area contributed by atoms with Gasteiger partial charge in [0.1, 0.15) is 17.8 Å². The maximum Gasteiger partial charge on any atom is 0.315 e. The highest BCUT2D eigenvalue weighted by molar-refractivity contribution is 5.90. The van der Waals surface area contributed by atoms with E-state index in [1.54, 1.807) is 0 Å². The van der Waals surface area contributed by atoms with Gasteiger partial charge >= 0.3 is 5.97 Å². The van der Waals surface area contributed by atoms with Crippen LogP contribution in [-0.2, 0) is 19.1 Å². The second-order valence-electron chi connectivity index (χ2n) is 10.5. The van der Waals surface area contributed by atoms with Crippen LogP contribution < -0.4 is 0 Å². The molecule has 0 spiro atoms. The van der Waals surface area contributed by atoms with Crippen LogP contribution >= 0.6 is 0 Å². The van der Waals surface area contributed by atoms with Gasteiger partial charge in [0.25, 0.3) is 0 Å². The molecular weight excluding hydrogens is 356 g/mol. The Morgan fingerprint density at radius 1 is 1.39 bits per heavy atom. The Balaban J connectivity index is 1.67. The van der Waals surface area contributed by atoms with Crippen molar-refractivity contribution in [1.82, 2.24) is 0 Å². The monoisotopic (exact) mass is 388 g/mol. The highest BCUT2D eigenvalue weighted by atomic mass is 16.6. The molecule has 0 aromatic rings. The quantitative estimate of drug-likeness (QED) is 0.411. The number of fused-ring (bicyclic) bond motifs is 2. The van der Waals surface area contributed by atoms with Gasteiger partial charge in [0, 0.05) is 5.41 Å². The van der Waals surface area contributed by atoms with Crippen LogP contribution in [0.3, 0.4) is 0 Å². The van der Waals surface area contributed by atoms with E-state index in [4.69, 9.17) is 9.47 Å². The van der Waals surface area contributed by atoms with Crippen LogP contribution in [0.25, 0.3) is 0 Å². The van der Waals surface area contributed by atoms with Crippen LogP contribution in [-0.4, -0.2) is 43.3 Å². The van der Waals surface area contributed by atoms with Crippen LogP contribution in [0.1, 0.15) is 46.5 Å². The number of carbonyl (C=O) groups is 2. The lowest BCUT2D eigenvalue weighted by atomic mass is 9.43. The summed E-state index contributed by atoms with van der Waals surface area (Å²) in [4.78, 5) is 26.0. The molecule has 4 fully saturated rings. The van der Waals surface area contributed by atoms with Gasteiger partial charge < -0.3 is 19.4 Å². The SMILES string of the molecule is CC(C)C1=CC2CC3(C=O)C4CCC(C)C4CC2(COC[C@@H]2CO2)C13C(=O)O. The predicted molar refractivity (Wildman–Crippen MR) is 103 cm³/mol. The Bertz CT molecular complexity index is 739. The number of hydrogen-bond acceptors (Lipinski definition) is 4. The normalized spacial score (nSPS) is 50.6. The molecule has 5 aliphatic rings. The van der Waals surface area contributed by atoms with Gasteiger partial charge in [0.2, 0.25) is 0 Å². The molecule has 0 radical (unpaired) electrons. The van der Waals surface area contributed by atoms with Crippen molar-refractivity contribution in [2.75, 3.05) is 19.8 Å². The van der Waals surface area contributed by atoms with Crippen LogP contribution in [0.5, 0.6) is 0 Å². The van der Waals surface area contributed by atoms with Gasteiger partial charge in [0.05, 0.1) is 25.2 Å². The number of carboxylic acids is 1. The Hall–Kier alpha value is -1.20. The third-order valence-electron chi connectivity index (χ3n) is 9.19. The Kier molecular flexibility index (Phi) is 3.97. The third-order valence-corrected chi connectivity index (χ3v) is 9.19. The van der Waals surface area contributed by atoms with E-state index in [-0.39, 0.29) is 23.9 Å². The second-order valence-corrected chi connectivity index (χ2v) is 10.5. The van der Waals surface area contributed by atoms with Crippen molar-refractivity contribution in [3.8, 4) is 0 Å². The molecule has 1 heterocycles. The lowest BCUT2D eigenvalue weighted by molar-refractivity contribution is -0.186. The van der Waals surface area contributed by atoms with Crippen molar-refractivity contribution in [3.05, 3.63) is 11.6 Å². The minimum absolute atomic E-state index is 0.113. The number of carbonyl (C=O) groups excluding carboxylic acids is 1. The molecule has 5 nitrogen and oxygen atoms in total. The first-order valence-corrected chi connectivity index (χ1v) is 11.0. The number of hydrogen-bond donors (Lipinski definition) is 1. The number of carboxylic acid groups (broad SMARTS) is 1. The predicted octanol–water partition coefficient (Wildman–Crippen LogP) is 3.33. The molecule has 0 aromatic heterocycles. The highest BCUT2D eigenvalue weighted by Crippen LogP contribution is 2.82. The van der Waals surface area contributed by atoms with Crippen molar-refractivity contribution >= 4 is 12.3 Å². The van der Waals surface area contributed by atoms with Gasteiger partial charge in [-0.15, -0.1) is 0 Å². The van der Waals surface area contributed by atoms with E-state index < -0.39 is 22.2 Å². The standard InChI is InChI=1S/C23H32O5/c1-13(2)19-6-15-7-21(11-24)18-5-4-14(3)17(18)8-22(15,23(19,21)20(25)26)12-27-9-16-10-28-16/h6,11,13-18H,4-5,7-10,12H2,1-3H3,(H,25,26)/t14?,15?,16-,17?,18?,21?,22?,23?/m1/s1. The Labute approximate surface area is 166 Å². The molecule has 8 atom stereocenters. The van der Waals surface area contributed by atoms with E-state index in [0.29, 0.717) is 31.5 Å². The molecule has 5 heteroatoms. The molecule has 7 unspecified atom stereocenters. The van der Waals surface area contributed by atoms with Gasteiger partial charge in [-0.25, -0.2) is 0 Å². The minimum Gasteiger partial charge on any atom is -0.481 e. The van der Waals surface area contributed by atoms with Crippen molar-refractivity contribution < 1.29 is 24.2 Å². The summed E-state index contributed by atoms with van der Waals surface area (Å²) < 4.78 is 11.4. The fourth-order valence-corrected chi connectivity index (χ4v) is 8.17. The number of rotatable bonds is 7. The van der Waals surface area contributed by atoms with Crippen LogP contribution in [0, 0.1) is 45.8 Å².